The molecule has 2 atom stereocenters. The average Bonchev–Trinajstić information content (AvgIpc) is 2.96. The summed E-state index contributed by atoms with van der Waals surface area (Å²) in [5, 5.41) is 5.34. The minimum Gasteiger partial charge on any atom is -0.446 e. The Balaban J connectivity index is 1.45. The van der Waals surface area contributed by atoms with E-state index in [0.29, 0.717) is 18.5 Å². The lowest BCUT2D eigenvalue weighted by Gasteiger charge is -2.29. The zero-order valence-electron chi connectivity index (χ0n) is 15.3. The number of carbonyl (C=O) groups excluding carboxylic acids is 4. The molecule has 150 valence electrons. The predicted octanol–water partition coefficient (Wildman–Crippen LogP) is 1.95. The van der Waals surface area contributed by atoms with Crippen molar-refractivity contribution >= 4 is 29.5 Å². The maximum absolute atomic E-state index is 12.9. The van der Waals surface area contributed by atoms with Crippen LogP contribution in [0.1, 0.15) is 38.5 Å². The van der Waals surface area contributed by atoms with E-state index < -0.39 is 17.8 Å². The summed E-state index contributed by atoms with van der Waals surface area (Å²) >= 11 is 0. The second-order valence-electron chi connectivity index (χ2n) is 6.96. The van der Waals surface area contributed by atoms with Gasteiger partial charge in [0.15, 0.2) is 0 Å². The van der Waals surface area contributed by atoms with Crippen LogP contribution in [0.5, 0.6) is 0 Å². The Morgan fingerprint density at radius 2 is 1.79 bits per heavy atom. The van der Waals surface area contributed by atoms with Crippen LogP contribution in [0.2, 0.25) is 0 Å². The molecule has 1 saturated carbocycles. The van der Waals surface area contributed by atoms with Crippen molar-refractivity contribution in [1.29, 1.82) is 0 Å². The number of anilines is 1. The van der Waals surface area contributed by atoms with Crippen LogP contribution in [0.15, 0.2) is 24.3 Å². The van der Waals surface area contributed by atoms with Gasteiger partial charge in [-0.25, -0.2) is 9.18 Å². The molecule has 1 aliphatic carbocycles. The Morgan fingerprint density at radius 3 is 2.46 bits per heavy atom. The number of likely N-dealkylation sites (tertiary alicyclic amines) is 1. The number of carbonyl (C=O) groups is 4. The highest BCUT2D eigenvalue weighted by atomic mass is 19.1. The van der Waals surface area contributed by atoms with Crippen molar-refractivity contribution in [2.75, 3.05) is 11.9 Å². The number of hydrogen-bond donors (Lipinski definition) is 2. The second kappa shape index (κ2) is 8.81. The number of nitrogens with zero attached hydrogens (tertiary/aromatic N) is 1. The summed E-state index contributed by atoms with van der Waals surface area (Å²) in [6.07, 6.45) is 1.90. The van der Waals surface area contributed by atoms with E-state index in [2.05, 4.69) is 10.6 Å². The van der Waals surface area contributed by atoms with Gasteiger partial charge >= 0.3 is 6.09 Å². The maximum atomic E-state index is 12.9. The molecule has 9 heteroatoms. The van der Waals surface area contributed by atoms with Crippen molar-refractivity contribution < 1.29 is 28.3 Å². The highest BCUT2D eigenvalue weighted by Crippen LogP contribution is 2.22. The summed E-state index contributed by atoms with van der Waals surface area (Å²) < 4.78 is 18.3. The van der Waals surface area contributed by atoms with E-state index >= 15 is 0 Å². The lowest BCUT2D eigenvalue weighted by Crippen LogP contribution is -2.46. The number of benzene rings is 1. The maximum Gasteiger partial charge on any atom is 0.411 e. The molecule has 2 N–H and O–H groups in total. The second-order valence-corrected chi connectivity index (χ2v) is 6.96. The molecule has 0 spiro atoms. The quantitative estimate of drug-likeness (QED) is 0.747. The molecule has 1 heterocycles. The summed E-state index contributed by atoms with van der Waals surface area (Å²) in [5.74, 6) is -1.46. The van der Waals surface area contributed by atoms with Gasteiger partial charge < -0.3 is 10.1 Å². The Bertz CT molecular complexity index is 751. The largest absolute Gasteiger partial charge is 0.446 e. The van der Waals surface area contributed by atoms with Gasteiger partial charge in [-0.1, -0.05) is 0 Å². The first-order valence-electron chi connectivity index (χ1n) is 9.26. The molecule has 1 aromatic rings. The van der Waals surface area contributed by atoms with E-state index in [1.54, 1.807) is 0 Å². The fourth-order valence-corrected chi connectivity index (χ4v) is 3.43. The normalized spacial score (nSPS) is 22.1. The summed E-state index contributed by atoms with van der Waals surface area (Å²) in [7, 11) is 0. The van der Waals surface area contributed by atoms with E-state index in [0.717, 1.165) is 17.7 Å². The highest BCUT2D eigenvalue weighted by molar-refractivity contribution is 6.04. The number of hydrogen-bond acceptors (Lipinski definition) is 5. The highest BCUT2D eigenvalue weighted by Gasteiger charge is 2.32. The minimum absolute atomic E-state index is 0.147. The van der Waals surface area contributed by atoms with Gasteiger partial charge in [0, 0.05) is 31.0 Å². The molecule has 2 aliphatic rings. The van der Waals surface area contributed by atoms with Crippen LogP contribution in [0.3, 0.4) is 0 Å². The molecule has 0 radical (unpaired) electrons. The molecule has 0 bridgehead atoms. The molecule has 0 unspecified atom stereocenters. The number of amides is 4. The monoisotopic (exact) mass is 391 g/mol. The third kappa shape index (κ3) is 5.28. The van der Waals surface area contributed by atoms with E-state index in [4.69, 9.17) is 4.74 Å². The third-order valence-electron chi connectivity index (χ3n) is 4.81. The Kier molecular flexibility index (Phi) is 6.23. The van der Waals surface area contributed by atoms with Crippen molar-refractivity contribution in [3.8, 4) is 0 Å². The summed E-state index contributed by atoms with van der Waals surface area (Å²) in [6, 6.07) is 5.13. The SMILES string of the molecule is O=C(CN1C(=O)CCC1=O)N[C@H]1CCC[C@@H](OC(=O)Nc2ccc(F)cc2)C1. The lowest BCUT2D eigenvalue weighted by molar-refractivity contribution is -0.142. The van der Waals surface area contributed by atoms with Gasteiger partial charge in [0.2, 0.25) is 17.7 Å². The summed E-state index contributed by atoms with van der Waals surface area (Å²) in [4.78, 5) is 48.3. The topological polar surface area (TPSA) is 105 Å². The Labute approximate surface area is 161 Å². The molecule has 8 nitrogen and oxygen atoms in total. The van der Waals surface area contributed by atoms with Gasteiger partial charge in [-0.3, -0.25) is 24.6 Å². The Morgan fingerprint density at radius 1 is 1.11 bits per heavy atom. The molecule has 3 rings (SSSR count). The van der Waals surface area contributed by atoms with Gasteiger partial charge in [-0.15, -0.1) is 0 Å². The van der Waals surface area contributed by atoms with Gasteiger partial charge in [-0.2, -0.15) is 0 Å². The molecule has 0 aromatic heterocycles. The molecule has 1 saturated heterocycles. The molecule has 1 aromatic carbocycles. The first-order chi connectivity index (χ1) is 13.4. The third-order valence-corrected chi connectivity index (χ3v) is 4.81. The number of halogens is 1. The zero-order chi connectivity index (χ0) is 20.1. The standard InChI is InChI=1S/C19H22FN3O5/c20-12-4-6-13(7-5-12)22-19(27)28-15-3-1-2-14(10-15)21-16(24)11-23-17(25)8-9-18(23)26/h4-7,14-15H,1-3,8-11H2,(H,21,24)(H,22,27)/t14-,15+/m0/s1. The molecule has 1 aliphatic heterocycles. The van der Waals surface area contributed by atoms with Gasteiger partial charge in [0.1, 0.15) is 18.5 Å². The molecule has 2 fully saturated rings. The Hall–Kier alpha value is -2.97. The van der Waals surface area contributed by atoms with Crippen LogP contribution >= 0.6 is 0 Å². The van der Waals surface area contributed by atoms with Crippen LogP contribution in [-0.4, -0.2) is 47.4 Å². The van der Waals surface area contributed by atoms with Crippen LogP contribution < -0.4 is 10.6 Å². The fraction of sp³-hybridized carbons (Fsp3) is 0.474. The molecular weight excluding hydrogens is 369 g/mol. The van der Waals surface area contributed by atoms with Gasteiger partial charge in [-0.05, 0) is 43.5 Å². The van der Waals surface area contributed by atoms with Crippen molar-refractivity contribution in [1.82, 2.24) is 10.2 Å². The number of imide groups is 1. The minimum atomic E-state index is -0.642. The van der Waals surface area contributed by atoms with Crippen molar-refractivity contribution in [2.24, 2.45) is 0 Å². The fourth-order valence-electron chi connectivity index (χ4n) is 3.43. The number of nitrogens with one attached hydrogen (secondary N) is 2. The molecule has 28 heavy (non-hydrogen) atoms. The van der Waals surface area contributed by atoms with Crippen molar-refractivity contribution in [3.63, 3.8) is 0 Å². The average molecular weight is 391 g/mol. The van der Waals surface area contributed by atoms with Crippen LogP contribution in [0, 0.1) is 5.82 Å². The van der Waals surface area contributed by atoms with Gasteiger partial charge in [0.05, 0.1) is 0 Å². The predicted molar refractivity (Wildman–Crippen MR) is 96.6 cm³/mol. The zero-order valence-corrected chi connectivity index (χ0v) is 15.3. The summed E-state index contributed by atoms with van der Waals surface area (Å²) in [5.41, 5.74) is 0.423. The number of rotatable bonds is 5. The van der Waals surface area contributed by atoms with Crippen LogP contribution in [0.25, 0.3) is 0 Å². The number of ether oxygens (including phenoxy) is 1. The van der Waals surface area contributed by atoms with E-state index in [1.165, 1.54) is 24.3 Å². The van der Waals surface area contributed by atoms with Crippen LogP contribution in [0.4, 0.5) is 14.9 Å². The first kappa shape index (κ1) is 19.8. The smallest absolute Gasteiger partial charge is 0.411 e. The first-order valence-corrected chi connectivity index (χ1v) is 9.26. The van der Waals surface area contributed by atoms with Crippen molar-refractivity contribution in [3.05, 3.63) is 30.1 Å². The van der Waals surface area contributed by atoms with Crippen LogP contribution in [-0.2, 0) is 19.1 Å². The summed E-state index contributed by atoms with van der Waals surface area (Å²) in [6.45, 7) is -0.273. The molecular formula is C19H22FN3O5. The van der Waals surface area contributed by atoms with E-state index in [9.17, 15) is 23.6 Å². The van der Waals surface area contributed by atoms with Crippen molar-refractivity contribution in [2.45, 2.75) is 50.7 Å². The van der Waals surface area contributed by atoms with E-state index in [-0.39, 0.29) is 43.3 Å². The van der Waals surface area contributed by atoms with Gasteiger partial charge in [0.25, 0.3) is 0 Å². The van der Waals surface area contributed by atoms with E-state index in [1.807, 2.05) is 0 Å². The molecule has 4 amide bonds. The lowest BCUT2D eigenvalue weighted by atomic mass is 9.93.